The molecule has 3 rings (SSSR count). The lowest BCUT2D eigenvalue weighted by atomic mass is 10.0. The molecule has 146 valence electrons. The Morgan fingerprint density at radius 2 is 2.00 bits per heavy atom. The first-order valence-electron chi connectivity index (χ1n) is 9.46. The van der Waals surface area contributed by atoms with E-state index in [1.807, 2.05) is 31.7 Å². The van der Waals surface area contributed by atoms with Crippen LogP contribution in [-0.4, -0.2) is 75.0 Å². The molecule has 0 bridgehead atoms. The van der Waals surface area contributed by atoms with Crippen LogP contribution in [0.25, 0.3) is 5.82 Å². The van der Waals surface area contributed by atoms with Gasteiger partial charge in [-0.25, -0.2) is 4.68 Å². The van der Waals surface area contributed by atoms with Crippen molar-refractivity contribution in [3.63, 3.8) is 0 Å². The van der Waals surface area contributed by atoms with Crippen LogP contribution in [0.3, 0.4) is 0 Å². The minimum absolute atomic E-state index is 0.00326. The number of aromatic nitrogens is 4. The molecule has 0 unspecified atom stereocenters. The molecule has 0 radical (unpaired) electrons. The van der Waals surface area contributed by atoms with Crippen molar-refractivity contribution >= 4 is 5.91 Å². The number of rotatable bonds is 6. The summed E-state index contributed by atoms with van der Waals surface area (Å²) in [6.45, 7) is 8.63. The van der Waals surface area contributed by atoms with Gasteiger partial charge in [0.2, 0.25) is 5.88 Å². The number of amides is 1. The van der Waals surface area contributed by atoms with Crippen molar-refractivity contribution in [3.8, 4) is 11.7 Å². The number of nitrogens with zero attached hydrogens (tertiary/aromatic N) is 6. The van der Waals surface area contributed by atoms with Crippen molar-refractivity contribution in [2.75, 3.05) is 33.3 Å². The van der Waals surface area contributed by atoms with E-state index in [-0.39, 0.29) is 12.5 Å². The summed E-state index contributed by atoms with van der Waals surface area (Å²) in [5.74, 6) is 0.963. The standard InChI is InChI=1S/C19H28N6O2/c1-5-24(16-8-10-23(4)11-9-16)19(26)13-27-18-7-6-17(20-21-18)25-15(3)12-14(2)22-25/h6-7,12,16H,5,8-11,13H2,1-4H3. The van der Waals surface area contributed by atoms with Crippen LogP contribution in [0.15, 0.2) is 18.2 Å². The Balaban J connectivity index is 1.57. The molecule has 27 heavy (non-hydrogen) atoms. The summed E-state index contributed by atoms with van der Waals surface area (Å²) in [5.41, 5.74) is 1.91. The van der Waals surface area contributed by atoms with Gasteiger partial charge in [0.25, 0.3) is 5.91 Å². The second-order valence-corrected chi connectivity index (χ2v) is 7.07. The Morgan fingerprint density at radius 3 is 2.56 bits per heavy atom. The maximum absolute atomic E-state index is 12.6. The highest BCUT2D eigenvalue weighted by Crippen LogP contribution is 2.16. The number of carbonyl (C=O) groups is 1. The number of likely N-dealkylation sites (tertiary alicyclic amines) is 1. The molecular weight excluding hydrogens is 344 g/mol. The Morgan fingerprint density at radius 1 is 1.26 bits per heavy atom. The molecule has 2 aromatic rings. The monoisotopic (exact) mass is 372 g/mol. The first-order chi connectivity index (χ1) is 13.0. The predicted molar refractivity (Wildman–Crippen MR) is 102 cm³/mol. The van der Waals surface area contributed by atoms with Gasteiger partial charge in [0.15, 0.2) is 12.4 Å². The van der Waals surface area contributed by atoms with Gasteiger partial charge in [-0.3, -0.25) is 4.79 Å². The van der Waals surface area contributed by atoms with E-state index in [9.17, 15) is 4.79 Å². The molecule has 3 heterocycles. The summed E-state index contributed by atoms with van der Waals surface area (Å²) in [4.78, 5) is 16.8. The molecule has 2 aromatic heterocycles. The number of hydrogen-bond acceptors (Lipinski definition) is 6. The van der Waals surface area contributed by atoms with E-state index < -0.39 is 0 Å². The molecule has 0 spiro atoms. The van der Waals surface area contributed by atoms with Crippen LogP contribution >= 0.6 is 0 Å². The number of aryl methyl sites for hydroxylation is 2. The minimum Gasteiger partial charge on any atom is -0.466 e. The van der Waals surface area contributed by atoms with Crippen LogP contribution < -0.4 is 4.74 Å². The molecular formula is C19H28N6O2. The summed E-state index contributed by atoms with van der Waals surface area (Å²) >= 11 is 0. The highest BCUT2D eigenvalue weighted by atomic mass is 16.5. The molecule has 0 N–H and O–H groups in total. The Kier molecular flexibility index (Phi) is 6.05. The SMILES string of the molecule is CCN(C(=O)COc1ccc(-n2nc(C)cc2C)nn1)C1CCN(C)CC1. The van der Waals surface area contributed by atoms with Crippen LogP contribution in [0, 0.1) is 13.8 Å². The third kappa shape index (κ3) is 4.63. The normalized spacial score (nSPS) is 15.7. The van der Waals surface area contributed by atoms with Gasteiger partial charge in [-0.15, -0.1) is 10.2 Å². The van der Waals surface area contributed by atoms with Crippen LogP contribution in [0.2, 0.25) is 0 Å². The van der Waals surface area contributed by atoms with Crippen molar-refractivity contribution in [1.82, 2.24) is 29.8 Å². The van der Waals surface area contributed by atoms with Gasteiger partial charge < -0.3 is 14.5 Å². The zero-order valence-electron chi connectivity index (χ0n) is 16.6. The lowest BCUT2D eigenvalue weighted by Crippen LogP contribution is -2.47. The third-order valence-electron chi connectivity index (χ3n) is 4.99. The molecule has 0 aliphatic carbocycles. The largest absolute Gasteiger partial charge is 0.466 e. The third-order valence-corrected chi connectivity index (χ3v) is 4.99. The zero-order chi connectivity index (χ0) is 19.4. The molecule has 1 saturated heterocycles. The molecule has 8 heteroatoms. The van der Waals surface area contributed by atoms with Gasteiger partial charge in [-0.2, -0.15) is 5.10 Å². The van der Waals surface area contributed by atoms with Crippen molar-refractivity contribution in [2.24, 2.45) is 0 Å². The van der Waals surface area contributed by atoms with Crippen molar-refractivity contribution in [3.05, 3.63) is 29.6 Å². The number of carbonyl (C=O) groups excluding carboxylic acids is 1. The van der Waals surface area contributed by atoms with Crippen LogP contribution in [0.4, 0.5) is 0 Å². The quantitative estimate of drug-likeness (QED) is 0.767. The van der Waals surface area contributed by atoms with Crippen LogP contribution in [0.5, 0.6) is 5.88 Å². The zero-order valence-corrected chi connectivity index (χ0v) is 16.6. The van der Waals surface area contributed by atoms with E-state index in [0.29, 0.717) is 24.3 Å². The Hall–Kier alpha value is -2.48. The first-order valence-corrected chi connectivity index (χ1v) is 9.46. The van der Waals surface area contributed by atoms with E-state index in [1.54, 1.807) is 16.8 Å². The van der Waals surface area contributed by atoms with E-state index in [4.69, 9.17) is 4.74 Å². The molecule has 1 amide bonds. The van der Waals surface area contributed by atoms with E-state index >= 15 is 0 Å². The number of likely N-dealkylation sites (N-methyl/N-ethyl adjacent to an activating group) is 1. The minimum atomic E-state index is -0.0197. The van der Waals surface area contributed by atoms with Gasteiger partial charge in [-0.05, 0) is 65.9 Å². The smallest absolute Gasteiger partial charge is 0.260 e. The fourth-order valence-corrected chi connectivity index (χ4v) is 3.53. The summed E-state index contributed by atoms with van der Waals surface area (Å²) in [6, 6.07) is 5.79. The molecule has 1 aliphatic heterocycles. The van der Waals surface area contributed by atoms with Crippen LogP contribution in [-0.2, 0) is 4.79 Å². The highest BCUT2D eigenvalue weighted by molar-refractivity contribution is 5.78. The topological polar surface area (TPSA) is 76.4 Å². The maximum atomic E-state index is 12.6. The number of ether oxygens (including phenoxy) is 1. The Labute approximate surface area is 160 Å². The molecule has 0 aromatic carbocycles. The van der Waals surface area contributed by atoms with Gasteiger partial charge in [0, 0.05) is 24.3 Å². The molecule has 0 saturated carbocycles. The molecule has 1 fully saturated rings. The lowest BCUT2D eigenvalue weighted by Gasteiger charge is -2.36. The first kappa shape index (κ1) is 19.3. The molecule has 8 nitrogen and oxygen atoms in total. The van der Waals surface area contributed by atoms with Crippen molar-refractivity contribution in [1.29, 1.82) is 0 Å². The second-order valence-electron chi connectivity index (χ2n) is 7.07. The maximum Gasteiger partial charge on any atom is 0.260 e. The van der Waals surface area contributed by atoms with Gasteiger partial charge in [-0.1, -0.05) is 0 Å². The van der Waals surface area contributed by atoms with E-state index in [1.165, 1.54) is 0 Å². The fraction of sp³-hybridized carbons (Fsp3) is 0.579. The molecule has 1 aliphatic rings. The highest BCUT2D eigenvalue weighted by Gasteiger charge is 2.26. The predicted octanol–water partition coefficient (Wildman–Crippen LogP) is 1.60. The van der Waals surface area contributed by atoms with Gasteiger partial charge in [0.1, 0.15) is 0 Å². The average Bonchev–Trinajstić information content (AvgIpc) is 3.01. The van der Waals surface area contributed by atoms with Crippen molar-refractivity contribution < 1.29 is 9.53 Å². The molecule has 0 atom stereocenters. The van der Waals surface area contributed by atoms with Gasteiger partial charge >= 0.3 is 0 Å². The second kappa shape index (κ2) is 8.47. The lowest BCUT2D eigenvalue weighted by molar-refractivity contribution is -0.136. The van der Waals surface area contributed by atoms with Crippen LogP contribution in [0.1, 0.15) is 31.2 Å². The summed E-state index contributed by atoms with van der Waals surface area (Å²) in [6.07, 6.45) is 2.01. The van der Waals surface area contributed by atoms with Gasteiger partial charge in [0.05, 0.1) is 5.69 Å². The average molecular weight is 372 g/mol. The van der Waals surface area contributed by atoms with E-state index in [2.05, 4.69) is 27.2 Å². The summed E-state index contributed by atoms with van der Waals surface area (Å²) in [5, 5.41) is 12.6. The van der Waals surface area contributed by atoms with Crippen molar-refractivity contribution in [2.45, 2.75) is 39.7 Å². The Bertz CT molecular complexity index is 765. The number of hydrogen-bond donors (Lipinski definition) is 0. The fourth-order valence-electron chi connectivity index (χ4n) is 3.53. The summed E-state index contributed by atoms with van der Waals surface area (Å²) < 4.78 is 7.32. The number of piperidine rings is 1. The van der Waals surface area contributed by atoms with E-state index in [0.717, 1.165) is 37.3 Å². The summed E-state index contributed by atoms with van der Waals surface area (Å²) in [7, 11) is 2.12.